The van der Waals surface area contributed by atoms with Crippen molar-refractivity contribution in [2.75, 3.05) is 30.8 Å². The second kappa shape index (κ2) is 9.97. The number of rotatable bonds is 7. The van der Waals surface area contributed by atoms with Crippen LogP contribution in [0.25, 0.3) is 11.3 Å². The highest BCUT2D eigenvalue weighted by Crippen LogP contribution is 2.23. The molecule has 0 aliphatic heterocycles. The van der Waals surface area contributed by atoms with E-state index in [-0.39, 0.29) is 24.9 Å². The van der Waals surface area contributed by atoms with Gasteiger partial charge < -0.3 is 10.6 Å². The van der Waals surface area contributed by atoms with E-state index in [1.54, 1.807) is 41.9 Å². The summed E-state index contributed by atoms with van der Waals surface area (Å²) in [6, 6.07) is 13.2. The van der Waals surface area contributed by atoms with Crippen LogP contribution in [0.1, 0.15) is 16.7 Å². The number of nitrogens with zero attached hydrogens (tertiary/aromatic N) is 3. The molecule has 32 heavy (non-hydrogen) atoms. The van der Waals surface area contributed by atoms with Crippen molar-refractivity contribution in [1.82, 2.24) is 14.7 Å². The minimum Gasteiger partial charge on any atom is -0.324 e. The van der Waals surface area contributed by atoms with Gasteiger partial charge in [-0.3, -0.25) is 19.2 Å². The number of hydrogen-bond donors (Lipinski definition) is 2. The minimum atomic E-state index is -0.228. The van der Waals surface area contributed by atoms with Crippen molar-refractivity contribution in [3.05, 3.63) is 64.2 Å². The fraction of sp³-hybridized carbons (Fsp3) is 0.292. The molecule has 0 radical (unpaired) electrons. The fourth-order valence-electron chi connectivity index (χ4n) is 3.63. The second-order valence-electron chi connectivity index (χ2n) is 8.09. The van der Waals surface area contributed by atoms with Gasteiger partial charge in [0, 0.05) is 29.4 Å². The van der Waals surface area contributed by atoms with Crippen molar-refractivity contribution in [2.45, 2.75) is 20.8 Å². The number of aryl methyl sites for hydroxylation is 4. The molecule has 0 aliphatic rings. The van der Waals surface area contributed by atoms with Crippen LogP contribution in [-0.4, -0.2) is 46.6 Å². The van der Waals surface area contributed by atoms with Gasteiger partial charge in [-0.2, -0.15) is 5.10 Å². The van der Waals surface area contributed by atoms with Gasteiger partial charge in [0.05, 0.1) is 18.8 Å². The van der Waals surface area contributed by atoms with Crippen molar-refractivity contribution >= 4 is 34.9 Å². The Kier molecular flexibility index (Phi) is 7.33. The number of halogens is 1. The van der Waals surface area contributed by atoms with Gasteiger partial charge in [-0.25, -0.2) is 0 Å². The van der Waals surface area contributed by atoms with E-state index in [0.717, 1.165) is 33.6 Å². The Hall–Kier alpha value is -3.16. The summed E-state index contributed by atoms with van der Waals surface area (Å²) in [5.74, 6) is 0.179. The molecule has 3 aromatic rings. The lowest BCUT2D eigenvalue weighted by Gasteiger charge is -2.18. The van der Waals surface area contributed by atoms with E-state index in [1.807, 2.05) is 45.0 Å². The first-order chi connectivity index (χ1) is 15.1. The zero-order valence-electron chi connectivity index (χ0n) is 19.0. The topological polar surface area (TPSA) is 79.3 Å². The molecule has 0 spiro atoms. The Bertz CT molecular complexity index is 1110. The molecule has 7 nitrogen and oxygen atoms in total. The van der Waals surface area contributed by atoms with Gasteiger partial charge in [-0.15, -0.1) is 0 Å². The summed E-state index contributed by atoms with van der Waals surface area (Å²) >= 11 is 5.94. The van der Waals surface area contributed by atoms with Crippen LogP contribution in [0, 0.1) is 20.8 Å². The van der Waals surface area contributed by atoms with Gasteiger partial charge in [0.2, 0.25) is 11.8 Å². The first kappa shape index (κ1) is 23.5. The number of anilines is 2. The third-order valence-corrected chi connectivity index (χ3v) is 5.31. The lowest BCUT2D eigenvalue weighted by Crippen LogP contribution is -2.36. The van der Waals surface area contributed by atoms with Crippen LogP contribution in [0.5, 0.6) is 0 Å². The van der Waals surface area contributed by atoms with Crippen molar-refractivity contribution in [3.8, 4) is 11.3 Å². The van der Waals surface area contributed by atoms with Crippen LogP contribution in [0.3, 0.4) is 0 Å². The molecular weight excluding hydrogens is 426 g/mol. The lowest BCUT2D eigenvalue weighted by atomic mass is 10.1. The number of carbonyl (C=O) groups is 2. The van der Waals surface area contributed by atoms with Gasteiger partial charge in [0.15, 0.2) is 0 Å². The van der Waals surface area contributed by atoms with E-state index in [0.29, 0.717) is 10.8 Å². The number of amides is 2. The molecule has 2 amide bonds. The molecule has 0 atom stereocenters. The summed E-state index contributed by atoms with van der Waals surface area (Å²) in [5.41, 5.74) is 5.65. The monoisotopic (exact) mass is 453 g/mol. The fourth-order valence-corrected chi connectivity index (χ4v) is 3.76. The average molecular weight is 454 g/mol. The molecule has 1 heterocycles. The van der Waals surface area contributed by atoms with Gasteiger partial charge in [0.25, 0.3) is 0 Å². The second-order valence-corrected chi connectivity index (χ2v) is 8.52. The first-order valence-electron chi connectivity index (χ1n) is 10.3. The molecule has 0 aliphatic carbocycles. The summed E-state index contributed by atoms with van der Waals surface area (Å²) in [6.45, 7) is 6.14. The summed E-state index contributed by atoms with van der Waals surface area (Å²) < 4.78 is 1.61. The summed E-state index contributed by atoms with van der Waals surface area (Å²) in [7, 11) is 3.49. The third kappa shape index (κ3) is 5.96. The number of nitrogens with one attached hydrogen (secondary N) is 2. The van der Waals surface area contributed by atoms with E-state index >= 15 is 0 Å². The maximum Gasteiger partial charge on any atom is 0.239 e. The lowest BCUT2D eigenvalue weighted by molar-refractivity contribution is -0.119. The van der Waals surface area contributed by atoms with E-state index in [1.165, 1.54) is 0 Å². The largest absolute Gasteiger partial charge is 0.324 e. The average Bonchev–Trinajstić information content (AvgIpc) is 3.05. The van der Waals surface area contributed by atoms with Gasteiger partial charge in [-0.1, -0.05) is 41.4 Å². The van der Waals surface area contributed by atoms with E-state index in [4.69, 9.17) is 11.6 Å². The van der Waals surface area contributed by atoms with Crippen LogP contribution in [-0.2, 0) is 16.6 Å². The van der Waals surface area contributed by atoms with Crippen molar-refractivity contribution in [1.29, 1.82) is 0 Å². The Morgan fingerprint density at radius 3 is 2.12 bits per heavy atom. The zero-order valence-corrected chi connectivity index (χ0v) is 19.7. The SMILES string of the molecule is Cc1cc(C)c(NC(=O)CN(C)CC(=O)Nc2cc(-c3ccc(Cl)cc3)nn2C)c(C)c1. The number of benzene rings is 2. The van der Waals surface area contributed by atoms with E-state index in [9.17, 15) is 9.59 Å². The molecule has 1 aromatic heterocycles. The van der Waals surface area contributed by atoms with Crippen LogP contribution in [0.4, 0.5) is 11.5 Å². The molecule has 2 N–H and O–H groups in total. The molecule has 8 heteroatoms. The molecule has 0 bridgehead atoms. The van der Waals surface area contributed by atoms with Crippen LogP contribution in [0.2, 0.25) is 5.02 Å². The smallest absolute Gasteiger partial charge is 0.239 e. The van der Waals surface area contributed by atoms with Crippen molar-refractivity contribution < 1.29 is 9.59 Å². The summed E-state index contributed by atoms with van der Waals surface area (Å²) in [5, 5.41) is 10.9. The highest BCUT2D eigenvalue weighted by molar-refractivity contribution is 6.30. The molecule has 2 aromatic carbocycles. The predicted octanol–water partition coefficient (Wildman–Crippen LogP) is 4.17. The number of hydrogen-bond acceptors (Lipinski definition) is 4. The quantitative estimate of drug-likeness (QED) is 0.562. The number of aromatic nitrogens is 2. The Morgan fingerprint density at radius 1 is 0.969 bits per heavy atom. The first-order valence-corrected chi connectivity index (χ1v) is 10.7. The van der Waals surface area contributed by atoms with Crippen molar-refractivity contribution in [2.24, 2.45) is 7.05 Å². The molecular formula is C24H28ClN5O2. The Balaban J connectivity index is 1.56. The number of likely N-dealkylation sites (N-methyl/N-ethyl adjacent to an activating group) is 1. The maximum atomic E-state index is 12.5. The molecule has 0 fully saturated rings. The maximum absolute atomic E-state index is 12.5. The normalized spacial score (nSPS) is 11.0. The Morgan fingerprint density at radius 2 is 1.53 bits per heavy atom. The molecule has 3 rings (SSSR count). The van der Waals surface area contributed by atoms with Crippen LogP contribution in [0.15, 0.2) is 42.5 Å². The highest BCUT2D eigenvalue weighted by Gasteiger charge is 2.15. The zero-order chi connectivity index (χ0) is 23.4. The molecule has 168 valence electrons. The standard InChI is InChI=1S/C24H28ClN5O2/c1-15-10-16(2)24(17(3)11-15)27-23(32)14-29(4)13-22(31)26-21-12-20(28-30(21)5)18-6-8-19(25)9-7-18/h6-12H,13-14H2,1-5H3,(H,26,31)(H,27,32). The highest BCUT2D eigenvalue weighted by atomic mass is 35.5. The van der Waals surface area contributed by atoms with Crippen molar-refractivity contribution in [3.63, 3.8) is 0 Å². The number of carbonyl (C=O) groups excluding carboxylic acids is 2. The van der Waals surface area contributed by atoms with Crippen LogP contribution < -0.4 is 10.6 Å². The Labute approximate surface area is 193 Å². The summed E-state index contributed by atoms with van der Waals surface area (Å²) in [6.07, 6.45) is 0. The summed E-state index contributed by atoms with van der Waals surface area (Å²) in [4.78, 5) is 26.7. The third-order valence-electron chi connectivity index (χ3n) is 5.06. The molecule has 0 saturated carbocycles. The van der Waals surface area contributed by atoms with E-state index < -0.39 is 0 Å². The predicted molar refractivity (Wildman–Crippen MR) is 129 cm³/mol. The van der Waals surface area contributed by atoms with Crippen LogP contribution >= 0.6 is 11.6 Å². The van der Waals surface area contributed by atoms with E-state index in [2.05, 4.69) is 15.7 Å². The minimum absolute atomic E-state index is 0.0702. The van der Waals surface area contributed by atoms with Gasteiger partial charge >= 0.3 is 0 Å². The van der Waals surface area contributed by atoms with Gasteiger partial charge in [0.1, 0.15) is 5.82 Å². The molecule has 0 saturated heterocycles. The van der Waals surface area contributed by atoms with Gasteiger partial charge in [-0.05, 0) is 51.1 Å². The molecule has 0 unspecified atom stereocenters.